The van der Waals surface area contributed by atoms with E-state index in [-0.39, 0.29) is 6.54 Å². The summed E-state index contributed by atoms with van der Waals surface area (Å²) in [5.41, 5.74) is 5.86. The second kappa shape index (κ2) is 7.66. The molecular formula is C13H22N6O5. The Morgan fingerprint density at radius 3 is 2.71 bits per heavy atom. The van der Waals surface area contributed by atoms with Crippen LogP contribution in [-0.2, 0) is 22.7 Å². The van der Waals surface area contributed by atoms with Crippen molar-refractivity contribution >= 4 is 11.8 Å². The molecule has 2 heterocycles. The van der Waals surface area contributed by atoms with Crippen molar-refractivity contribution < 1.29 is 24.9 Å². The van der Waals surface area contributed by atoms with Crippen molar-refractivity contribution in [1.29, 1.82) is 0 Å². The van der Waals surface area contributed by atoms with Crippen LogP contribution in [0.15, 0.2) is 6.20 Å². The molecule has 0 bridgehead atoms. The molecule has 24 heavy (non-hydrogen) atoms. The summed E-state index contributed by atoms with van der Waals surface area (Å²) in [5.74, 6) is -1.13. The van der Waals surface area contributed by atoms with Gasteiger partial charge in [0.15, 0.2) is 0 Å². The maximum Gasteiger partial charge on any atom is 0.248 e. The minimum absolute atomic E-state index is 0.0332. The van der Waals surface area contributed by atoms with Gasteiger partial charge in [-0.2, -0.15) is 0 Å². The van der Waals surface area contributed by atoms with E-state index >= 15 is 0 Å². The zero-order valence-electron chi connectivity index (χ0n) is 13.2. The van der Waals surface area contributed by atoms with E-state index in [2.05, 4.69) is 15.6 Å². The first-order valence-corrected chi connectivity index (χ1v) is 7.52. The number of piperidine rings is 1. The minimum atomic E-state index is -1.51. The van der Waals surface area contributed by atoms with Crippen LogP contribution in [-0.4, -0.2) is 84.5 Å². The Balaban J connectivity index is 2.22. The van der Waals surface area contributed by atoms with Crippen molar-refractivity contribution in [3.63, 3.8) is 0 Å². The molecule has 1 aliphatic rings. The van der Waals surface area contributed by atoms with Gasteiger partial charge < -0.3 is 31.3 Å². The Morgan fingerprint density at radius 2 is 2.12 bits per heavy atom. The molecule has 2 amide bonds. The van der Waals surface area contributed by atoms with E-state index in [1.807, 2.05) is 0 Å². The molecule has 0 saturated carbocycles. The zero-order chi connectivity index (χ0) is 17.9. The van der Waals surface area contributed by atoms with Gasteiger partial charge in [-0.1, -0.05) is 5.21 Å². The molecule has 1 fully saturated rings. The molecule has 0 aliphatic carbocycles. The molecule has 1 aliphatic heterocycles. The lowest BCUT2D eigenvalue weighted by Gasteiger charge is -2.44. The monoisotopic (exact) mass is 342 g/mol. The van der Waals surface area contributed by atoms with E-state index in [0.717, 1.165) is 0 Å². The van der Waals surface area contributed by atoms with Gasteiger partial charge in [0.25, 0.3) is 0 Å². The molecule has 2 rings (SSSR count). The fraction of sp³-hybridized carbons (Fsp3) is 0.692. The summed E-state index contributed by atoms with van der Waals surface area (Å²) >= 11 is 0. The fourth-order valence-electron chi connectivity index (χ4n) is 2.69. The van der Waals surface area contributed by atoms with E-state index < -0.39 is 42.7 Å². The Bertz CT molecular complexity index is 593. The number of rotatable bonds is 6. The molecule has 0 spiro atoms. The molecule has 1 aromatic heterocycles. The molecular weight excluding hydrogens is 320 g/mol. The number of carbonyl (C=O) groups is 2. The van der Waals surface area contributed by atoms with Crippen molar-refractivity contribution in [2.45, 2.75) is 44.3 Å². The van der Waals surface area contributed by atoms with Crippen molar-refractivity contribution in [2.24, 2.45) is 5.73 Å². The molecule has 1 aromatic rings. The second-order valence-corrected chi connectivity index (χ2v) is 5.64. The third kappa shape index (κ3) is 3.70. The first-order valence-electron chi connectivity index (χ1n) is 7.52. The maximum atomic E-state index is 12.6. The Morgan fingerprint density at radius 1 is 1.42 bits per heavy atom. The van der Waals surface area contributed by atoms with Gasteiger partial charge >= 0.3 is 0 Å². The van der Waals surface area contributed by atoms with Crippen LogP contribution >= 0.6 is 0 Å². The number of nitrogens with two attached hydrogens (primary N) is 1. The first kappa shape index (κ1) is 18.3. The molecule has 4 atom stereocenters. The quantitative estimate of drug-likeness (QED) is 0.350. The summed E-state index contributed by atoms with van der Waals surface area (Å²) in [6.45, 7) is 1.45. The van der Waals surface area contributed by atoms with Crippen molar-refractivity contribution in [3.8, 4) is 0 Å². The smallest absolute Gasteiger partial charge is 0.248 e. The normalized spacial score (nSPS) is 27.4. The molecule has 0 aromatic carbocycles. The Labute approximate surface area is 138 Å². The standard InChI is InChI=1S/C13H22N6O5/c1-7(21)15-10-12(23)11(22)9(6-20)19(13(10)24)5-8-4-18(3-2-14)17-16-8/h4,9-12,20,22-23H,2-3,5-6,14H2,1H3,(H,15,21)/t9?,10?,11-,12-/m1/s1. The summed E-state index contributed by atoms with van der Waals surface area (Å²) < 4.78 is 1.51. The summed E-state index contributed by atoms with van der Waals surface area (Å²) in [5, 5.41) is 39.8. The number of hydrogen-bond acceptors (Lipinski definition) is 8. The number of aliphatic hydroxyl groups excluding tert-OH is 3. The second-order valence-electron chi connectivity index (χ2n) is 5.64. The van der Waals surface area contributed by atoms with Gasteiger partial charge in [-0.3, -0.25) is 14.3 Å². The Kier molecular flexibility index (Phi) is 5.83. The predicted molar refractivity (Wildman–Crippen MR) is 80.1 cm³/mol. The highest BCUT2D eigenvalue weighted by atomic mass is 16.3. The van der Waals surface area contributed by atoms with E-state index in [0.29, 0.717) is 18.8 Å². The van der Waals surface area contributed by atoms with E-state index in [4.69, 9.17) is 5.73 Å². The van der Waals surface area contributed by atoms with Crippen LogP contribution in [0.2, 0.25) is 0 Å². The average molecular weight is 342 g/mol. The van der Waals surface area contributed by atoms with Crippen molar-refractivity contribution in [2.75, 3.05) is 13.2 Å². The van der Waals surface area contributed by atoms with Crippen LogP contribution in [0, 0.1) is 0 Å². The summed E-state index contributed by atoms with van der Waals surface area (Å²) in [6, 6.07) is -2.31. The third-order valence-electron chi connectivity index (χ3n) is 3.86. The van der Waals surface area contributed by atoms with Crippen LogP contribution in [0.4, 0.5) is 0 Å². The lowest BCUT2D eigenvalue weighted by Crippen LogP contribution is -2.68. The average Bonchev–Trinajstić information content (AvgIpc) is 2.97. The number of nitrogens with one attached hydrogen (secondary N) is 1. The van der Waals surface area contributed by atoms with Gasteiger partial charge in [0.1, 0.15) is 23.9 Å². The van der Waals surface area contributed by atoms with Crippen LogP contribution in [0.1, 0.15) is 12.6 Å². The maximum absolute atomic E-state index is 12.6. The Hall–Kier alpha value is -2.08. The number of amides is 2. The SMILES string of the molecule is CC(=O)NC1C(=O)N(Cc2cn(CCN)nn2)C(CO)[C@@H](O)[C@@H]1O. The van der Waals surface area contributed by atoms with Gasteiger partial charge in [-0.15, -0.1) is 5.10 Å². The molecule has 11 nitrogen and oxygen atoms in total. The molecule has 11 heteroatoms. The fourth-order valence-corrected chi connectivity index (χ4v) is 2.69. The number of likely N-dealkylation sites (tertiary alicyclic amines) is 1. The van der Waals surface area contributed by atoms with Gasteiger partial charge in [0.2, 0.25) is 11.8 Å². The lowest BCUT2D eigenvalue weighted by atomic mass is 9.91. The zero-order valence-corrected chi connectivity index (χ0v) is 13.2. The number of nitrogens with zero attached hydrogens (tertiary/aromatic N) is 4. The molecule has 2 unspecified atom stereocenters. The predicted octanol–water partition coefficient (Wildman–Crippen LogP) is -3.83. The molecule has 1 saturated heterocycles. The molecule has 134 valence electrons. The van der Waals surface area contributed by atoms with Crippen LogP contribution < -0.4 is 11.1 Å². The van der Waals surface area contributed by atoms with Crippen LogP contribution in [0.3, 0.4) is 0 Å². The van der Waals surface area contributed by atoms with Gasteiger partial charge in [0, 0.05) is 13.5 Å². The summed E-state index contributed by atoms with van der Waals surface area (Å²) in [7, 11) is 0. The topological polar surface area (TPSA) is 167 Å². The molecule has 6 N–H and O–H groups in total. The first-order chi connectivity index (χ1) is 11.4. The van der Waals surface area contributed by atoms with Gasteiger partial charge in [-0.25, -0.2) is 0 Å². The number of aromatic nitrogens is 3. The van der Waals surface area contributed by atoms with E-state index in [1.165, 1.54) is 16.5 Å². The minimum Gasteiger partial charge on any atom is -0.394 e. The van der Waals surface area contributed by atoms with Crippen molar-refractivity contribution in [3.05, 3.63) is 11.9 Å². The molecule has 0 radical (unpaired) electrons. The van der Waals surface area contributed by atoms with E-state index in [9.17, 15) is 24.9 Å². The van der Waals surface area contributed by atoms with Crippen molar-refractivity contribution in [1.82, 2.24) is 25.2 Å². The highest BCUT2D eigenvalue weighted by Crippen LogP contribution is 2.22. The third-order valence-corrected chi connectivity index (χ3v) is 3.86. The van der Waals surface area contributed by atoms with Gasteiger partial charge in [0.05, 0.1) is 31.9 Å². The largest absolute Gasteiger partial charge is 0.394 e. The highest BCUT2D eigenvalue weighted by molar-refractivity contribution is 5.88. The summed E-state index contributed by atoms with van der Waals surface area (Å²) in [6.07, 6.45) is -1.33. The van der Waals surface area contributed by atoms with Crippen LogP contribution in [0.25, 0.3) is 0 Å². The summed E-state index contributed by atoms with van der Waals surface area (Å²) in [4.78, 5) is 25.0. The van der Waals surface area contributed by atoms with Crippen LogP contribution in [0.5, 0.6) is 0 Å². The number of hydrogen-bond donors (Lipinski definition) is 5. The highest BCUT2D eigenvalue weighted by Gasteiger charge is 2.47. The number of aliphatic hydroxyl groups is 3. The van der Waals surface area contributed by atoms with E-state index in [1.54, 1.807) is 6.20 Å². The number of carbonyl (C=O) groups excluding carboxylic acids is 2. The van der Waals surface area contributed by atoms with Gasteiger partial charge in [-0.05, 0) is 0 Å². The lowest BCUT2D eigenvalue weighted by molar-refractivity contribution is -0.164.